The summed E-state index contributed by atoms with van der Waals surface area (Å²) in [6.07, 6.45) is 2.73. The normalized spacial score (nSPS) is 12.6. The van der Waals surface area contributed by atoms with Gasteiger partial charge < -0.3 is 19.7 Å². The molecule has 0 saturated heterocycles. The maximum atomic E-state index is 10.2. The van der Waals surface area contributed by atoms with Gasteiger partial charge in [0.15, 0.2) is 5.58 Å². The van der Waals surface area contributed by atoms with Gasteiger partial charge in [0, 0.05) is 32.6 Å². The van der Waals surface area contributed by atoms with Gasteiger partial charge in [-0.2, -0.15) is 0 Å². The van der Waals surface area contributed by atoms with Gasteiger partial charge in [0.25, 0.3) is 5.89 Å². The Morgan fingerprint density at radius 1 is 1.18 bits per heavy atom. The van der Waals surface area contributed by atoms with Crippen molar-refractivity contribution < 1.29 is 14.3 Å². The number of oxazole rings is 1. The monoisotopic (exact) mass is 465 g/mol. The maximum Gasteiger partial charge on any atom is 0.260 e. The number of thioether (sulfide) groups is 1. The Morgan fingerprint density at radius 3 is 2.39 bits per heavy atom. The van der Waals surface area contributed by atoms with Crippen molar-refractivity contribution in [1.82, 2.24) is 10.3 Å². The summed E-state index contributed by atoms with van der Waals surface area (Å²) in [5, 5.41) is 14.0. The van der Waals surface area contributed by atoms with E-state index in [-0.39, 0.29) is 11.6 Å². The largest absolute Gasteiger partial charge is 0.508 e. The summed E-state index contributed by atoms with van der Waals surface area (Å²) in [6, 6.07) is 15.6. The summed E-state index contributed by atoms with van der Waals surface area (Å²) in [5.74, 6) is 1.12. The molecule has 2 aromatic carbocycles. The van der Waals surface area contributed by atoms with E-state index in [9.17, 15) is 9.90 Å². The standard InChI is InChI=1S/C16H20N2OS.C8H5NO2.C2H6/c1-11(19)15-14(9-10-20-16(15)17-2)12-5-7-13(8-6-12)18(3)4;10-5-8-9-6-3-1-2-4-7(6)11-8;1-2/h5-9,17,19H,1,10H2,2-4H3;1-5H;1-2H3. The van der Waals surface area contributed by atoms with Crippen LogP contribution in [0.4, 0.5) is 5.69 Å². The molecule has 0 radical (unpaired) electrons. The molecule has 3 aromatic rings. The minimum Gasteiger partial charge on any atom is -0.508 e. The van der Waals surface area contributed by atoms with Crippen LogP contribution in [0.3, 0.4) is 0 Å². The third kappa shape index (κ3) is 6.52. The quantitative estimate of drug-likeness (QED) is 0.351. The number of anilines is 1. The first-order valence-electron chi connectivity index (χ1n) is 10.7. The molecule has 1 aliphatic rings. The summed E-state index contributed by atoms with van der Waals surface area (Å²) < 4.78 is 5.04. The van der Waals surface area contributed by atoms with Crippen LogP contribution in [0.2, 0.25) is 0 Å². The van der Waals surface area contributed by atoms with Crippen LogP contribution in [-0.4, -0.2) is 43.3 Å². The molecule has 2 heterocycles. The minimum atomic E-state index is 0.101. The molecule has 4 rings (SSSR count). The second kappa shape index (κ2) is 12.6. The molecule has 1 aromatic heterocycles. The third-order valence-corrected chi connectivity index (χ3v) is 5.66. The highest BCUT2D eigenvalue weighted by Gasteiger charge is 2.19. The van der Waals surface area contributed by atoms with Crippen LogP contribution in [0.1, 0.15) is 30.1 Å². The molecule has 1 aliphatic heterocycles. The number of carbonyl (C=O) groups is 1. The molecular formula is C26H31N3O3S. The smallest absolute Gasteiger partial charge is 0.260 e. The van der Waals surface area contributed by atoms with Gasteiger partial charge in [-0.3, -0.25) is 4.79 Å². The molecule has 174 valence electrons. The van der Waals surface area contributed by atoms with Crippen LogP contribution in [0, 0.1) is 0 Å². The zero-order chi connectivity index (χ0) is 24.4. The van der Waals surface area contributed by atoms with Gasteiger partial charge in [-0.15, -0.1) is 11.8 Å². The van der Waals surface area contributed by atoms with E-state index in [4.69, 9.17) is 4.42 Å². The number of benzene rings is 2. The first-order valence-corrected chi connectivity index (χ1v) is 11.6. The summed E-state index contributed by atoms with van der Waals surface area (Å²) in [6.45, 7) is 7.69. The maximum absolute atomic E-state index is 10.2. The lowest BCUT2D eigenvalue weighted by Gasteiger charge is -2.21. The van der Waals surface area contributed by atoms with Gasteiger partial charge in [-0.1, -0.05) is 50.8 Å². The molecule has 0 aliphatic carbocycles. The van der Waals surface area contributed by atoms with E-state index in [2.05, 4.69) is 52.1 Å². The predicted molar refractivity (Wildman–Crippen MR) is 140 cm³/mol. The summed E-state index contributed by atoms with van der Waals surface area (Å²) >= 11 is 1.67. The number of aldehydes is 1. The van der Waals surface area contributed by atoms with Crippen LogP contribution >= 0.6 is 11.8 Å². The average Bonchev–Trinajstić information content (AvgIpc) is 3.28. The zero-order valence-corrected chi connectivity index (χ0v) is 20.6. The van der Waals surface area contributed by atoms with E-state index in [1.165, 1.54) is 0 Å². The van der Waals surface area contributed by atoms with Crippen molar-refractivity contribution in [3.05, 3.63) is 89.0 Å². The Hall–Kier alpha value is -3.45. The number of hydrogen-bond donors (Lipinski definition) is 2. The summed E-state index contributed by atoms with van der Waals surface area (Å²) in [5.41, 5.74) is 5.44. The highest BCUT2D eigenvalue weighted by Crippen LogP contribution is 2.37. The van der Waals surface area contributed by atoms with E-state index in [1.54, 1.807) is 23.9 Å². The lowest BCUT2D eigenvalue weighted by atomic mass is 9.96. The van der Waals surface area contributed by atoms with Gasteiger partial charge >= 0.3 is 0 Å². The number of allylic oxidation sites excluding steroid dienone is 1. The van der Waals surface area contributed by atoms with Crippen molar-refractivity contribution in [2.45, 2.75) is 13.8 Å². The van der Waals surface area contributed by atoms with Crippen molar-refractivity contribution >= 4 is 40.4 Å². The number of nitrogens with one attached hydrogen (secondary N) is 1. The Labute approximate surface area is 199 Å². The molecule has 0 atom stereocenters. The minimum absolute atomic E-state index is 0.101. The van der Waals surface area contributed by atoms with Crippen molar-refractivity contribution in [3.8, 4) is 0 Å². The molecule has 33 heavy (non-hydrogen) atoms. The molecule has 0 spiro atoms. The Bertz CT molecular complexity index is 1110. The van der Waals surface area contributed by atoms with Crippen molar-refractivity contribution in [2.24, 2.45) is 0 Å². The van der Waals surface area contributed by atoms with Gasteiger partial charge in [-0.25, -0.2) is 4.98 Å². The molecule has 0 unspecified atom stereocenters. The molecule has 6 nitrogen and oxygen atoms in total. The van der Waals surface area contributed by atoms with E-state index < -0.39 is 0 Å². The number of fused-ring (bicyclic) bond motifs is 1. The van der Waals surface area contributed by atoms with Crippen LogP contribution in [0.25, 0.3) is 16.7 Å². The number of para-hydroxylation sites is 2. The fourth-order valence-corrected chi connectivity index (χ4v) is 4.06. The number of aromatic nitrogens is 1. The molecule has 7 heteroatoms. The first-order chi connectivity index (χ1) is 15.9. The number of carbonyl (C=O) groups excluding carboxylic acids is 1. The number of hydrogen-bond acceptors (Lipinski definition) is 7. The second-order valence-electron chi connectivity index (χ2n) is 6.91. The number of rotatable bonds is 5. The first kappa shape index (κ1) is 25.8. The molecule has 0 saturated carbocycles. The van der Waals surface area contributed by atoms with E-state index in [1.807, 2.05) is 47.1 Å². The second-order valence-corrected chi connectivity index (χ2v) is 7.94. The SMILES string of the molecule is C=C(O)C1=C(NC)SCC=C1c1ccc(N(C)C)cc1.CC.O=Cc1nc2ccccc2o1. The summed E-state index contributed by atoms with van der Waals surface area (Å²) in [4.78, 5) is 16.2. The van der Waals surface area contributed by atoms with Gasteiger partial charge in [0.1, 0.15) is 11.3 Å². The van der Waals surface area contributed by atoms with E-state index >= 15 is 0 Å². The van der Waals surface area contributed by atoms with Gasteiger partial charge in [-0.05, 0) is 35.4 Å². The lowest BCUT2D eigenvalue weighted by molar-refractivity contribution is 0.109. The number of nitrogens with zero attached hydrogens (tertiary/aromatic N) is 2. The van der Waals surface area contributed by atoms with Crippen molar-refractivity contribution in [2.75, 3.05) is 31.8 Å². The van der Waals surface area contributed by atoms with E-state index in [0.717, 1.165) is 38.7 Å². The Morgan fingerprint density at radius 2 is 1.85 bits per heavy atom. The Balaban J connectivity index is 0.000000249. The van der Waals surface area contributed by atoms with Crippen molar-refractivity contribution in [1.29, 1.82) is 0 Å². The zero-order valence-electron chi connectivity index (χ0n) is 19.8. The highest BCUT2D eigenvalue weighted by molar-refractivity contribution is 8.03. The molecule has 0 amide bonds. The Kier molecular flexibility index (Phi) is 9.82. The van der Waals surface area contributed by atoms with Crippen LogP contribution < -0.4 is 10.2 Å². The van der Waals surface area contributed by atoms with Crippen LogP contribution in [-0.2, 0) is 0 Å². The average molecular weight is 466 g/mol. The fraction of sp³-hybridized carbons (Fsp3) is 0.231. The predicted octanol–water partition coefficient (Wildman–Crippen LogP) is 6.05. The van der Waals surface area contributed by atoms with Gasteiger partial charge in [0.05, 0.1) is 10.6 Å². The summed E-state index contributed by atoms with van der Waals surface area (Å²) in [7, 11) is 5.90. The topological polar surface area (TPSA) is 78.6 Å². The van der Waals surface area contributed by atoms with Gasteiger partial charge in [0.2, 0.25) is 6.29 Å². The lowest BCUT2D eigenvalue weighted by Crippen LogP contribution is -2.12. The van der Waals surface area contributed by atoms with Crippen LogP contribution in [0.15, 0.2) is 82.0 Å². The third-order valence-electron chi connectivity index (χ3n) is 4.63. The van der Waals surface area contributed by atoms with Crippen LogP contribution in [0.5, 0.6) is 0 Å². The molecule has 2 N–H and O–H groups in total. The fourth-order valence-electron chi connectivity index (χ4n) is 3.13. The molecular weight excluding hydrogens is 434 g/mol. The highest BCUT2D eigenvalue weighted by atomic mass is 32.2. The molecule has 0 bridgehead atoms. The van der Waals surface area contributed by atoms with E-state index in [0.29, 0.717) is 11.9 Å². The number of aliphatic hydroxyl groups is 1. The van der Waals surface area contributed by atoms with Crippen molar-refractivity contribution in [3.63, 3.8) is 0 Å². The molecule has 0 fully saturated rings. The number of aliphatic hydroxyl groups excluding tert-OH is 1.